The van der Waals surface area contributed by atoms with E-state index in [0.29, 0.717) is 5.11 Å². The molecule has 5 heteroatoms. The fourth-order valence-corrected chi connectivity index (χ4v) is 2.52. The second-order valence-electron chi connectivity index (χ2n) is 5.78. The third-order valence-electron chi connectivity index (χ3n) is 3.45. The Kier molecular flexibility index (Phi) is 6.44. The number of hydrogen-bond donors (Lipinski definition) is 2. The number of methoxy groups -OCH3 is 1. The molecule has 128 valence electrons. The second kappa shape index (κ2) is 8.55. The van der Waals surface area contributed by atoms with Crippen molar-refractivity contribution in [3.8, 4) is 11.5 Å². The van der Waals surface area contributed by atoms with E-state index in [1.807, 2.05) is 62.4 Å². The van der Waals surface area contributed by atoms with Crippen molar-refractivity contribution in [2.45, 2.75) is 32.9 Å². The van der Waals surface area contributed by atoms with Crippen LogP contribution in [0.1, 0.15) is 32.4 Å². The van der Waals surface area contributed by atoms with E-state index >= 15 is 0 Å². The van der Waals surface area contributed by atoms with Gasteiger partial charge in [0, 0.05) is 5.69 Å². The molecule has 0 aromatic heterocycles. The quantitative estimate of drug-likeness (QED) is 0.754. The highest BCUT2D eigenvalue weighted by molar-refractivity contribution is 7.80. The summed E-state index contributed by atoms with van der Waals surface area (Å²) in [6, 6.07) is 15.8. The maximum absolute atomic E-state index is 5.63. The molecule has 0 radical (unpaired) electrons. The lowest BCUT2D eigenvalue weighted by Crippen LogP contribution is -2.30. The first kappa shape index (κ1) is 18.1. The molecule has 2 rings (SSSR count). The van der Waals surface area contributed by atoms with E-state index in [0.717, 1.165) is 22.7 Å². The molecule has 0 aliphatic carbocycles. The van der Waals surface area contributed by atoms with Crippen LogP contribution >= 0.6 is 12.2 Å². The Morgan fingerprint density at radius 3 is 2.04 bits per heavy atom. The van der Waals surface area contributed by atoms with E-state index in [1.165, 1.54) is 0 Å². The van der Waals surface area contributed by atoms with Crippen molar-refractivity contribution in [3.63, 3.8) is 0 Å². The van der Waals surface area contributed by atoms with Gasteiger partial charge in [0.1, 0.15) is 11.5 Å². The third-order valence-corrected chi connectivity index (χ3v) is 3.67. The van der Waals surface area contributed by atoms with Crippen LogP contribution in [0.25, 0.3) is 0 Å². The Morgan fingerprint density at radius 1 is 0.917 bits per heavy atom. The molecule has 0 aliphatic rings. The fourth-order valence-electron chi connectivity index (χ4n) is 2.23. The molecule has 0 fully saturated rings. The van der Waals surface area contributed by atoms with Crippen molar-refractivity contribution in [1.29, 1.82) is 0 Å². The molecular weight excluding hydrogens is 320 g/mol. The Bertz CT molecular complexity index is 654. The van der Waals surface area contributed by atoms with E-state index < -0.39 is 0 Å². The SMILES string of the molecule is COc1ccc([C@@H](C)NC(=S)Nc2ccc(OC(C)C)cc2)cc1. The highest BCUT2D eigenvalue weighted by Gasteiger charge is 2.07. The van der Waals surface area contributed by atoms with Crippen LogP contribution in [0.15, 0.2) is 48.5 Å². The van der Waals surface area contributed by atoms with Gasteiger partial charge in [0.2, 0.25) is 0 Å². The number of ether oxygens (including phenoxy) is 2. The minimum Gasteiger partial charge on any atom is -0.497 e. The van der Waals surface area contributed by atoms with E-state index in [9.17, 15) is 0 Å². The van der Waals surface area contributed by atoms with Gasteiger partial charge in [-0.05, 0) is 75.0 Å². The normalized spacial score (nSPS) is 11.7. The molecule has 0 unspecified atom stereocenters. The summed E-state index contributed by atoms with van der Waals surface area (Å²) in [7, 11) is 1.66. The number of anilines is 1. The number of rotatable bonds is 6. The minimum atomic E-state index is 0.0967. The molecule has 0 bridgehead atoms. The van der Waals surface area contributed by atoms with Crippen LogP contribution < -0.4 is 20.1 Å². The number of nitrogens with one attached hydrogen (secondary N) is 2. The summed E-state index contributed by atoms with van der Waals surface area (Å²) in [6.45, 7) is 6.08. The lowest BCUT2D eigenvalue weighted by Gasteiger charge is -2.18. The largest absolute Gasteiger partial charge is 0.497 e. The Labute approximate surface area is 149 Å². The first-order valence-corrected chi connectivity index (χ1v) is 8.37. The zero-order chi connectivity index (χ0) is 17.5. The van der Waals surface area contributed by atoms with Gasteiger partial charge in [0.25, 0.3) is 0 Å². The summed E-state index contributed by atoms with van der Waals surface area (Å²) in [4.78, 5) is 0. The third kappa shape index (κ3) is 5.42. The molecule has 1 atom stereocenters. The van der Waals surface area contributed by atoms with Crippen LogP contribution in [0.5, 0.6) is 11.5 Å². The van der Waals surface area contributed by atoms with Crippen molar-refractivity contribution in [2.24, 2.45) is 0 Å². The molecule has 0 saturated heterocycles. The molecule has 0 heterocycles. The summed E-state index contributed by atoms with van der Waals surface area (Å²) in [5.41, 5.74) is 2.06. The number of hydrogen-bond acceptors (Lipinski definition) is 3. The molecule has 0 saturated carbocycles. The van der Waals surface area contributed by atoms with Crippen LogP contribution in [0.2, 0.25) is 0 Å². The summed E-state index contributed by atoms with van der Waals surface area (Å²) >= 11 is 5.39. The van der Waals surface area contributed by atoms with Crippen molar-refractivity contribution in [3.05, 3.63) is 54.1 Å². The van der Waals surface area contributed by atoms with Crippen LogP contribution in [0.4, 0.5) is 5.69 Å². The Hall–Kier alpha value is -2.27. The van der Waals surface area contributed by atoms with Crippen LogP contribution in [-0.4, -0.2) is 18.3 Å². The lowest BCUT2D eigenvalue weighted by molar-refractivity contribution is 0.242. The van der Waals surface area contributed by atoms with E-state index in [1.54, 1.807) is 7.11 Å². The van der Waals surface area contributed by atoms with Gasteiger partial charge in [0.15, 0.2) is 5.11 Å². The predicted octanol–water partition coefficient (Wildman–Crippen LogP) is 4.53. The van der Waals surface area contributed by atoms with Crippen molar-refractivity contribution >= 4 is 23.0 Å². The van der Waals surface area contributed by atoms with Gasteiger partial charge < -0.3 is 20.1 Å². The van der Waals surface area contributed by atoms with E-state index in [4.69, 9.17) is 21.7 Å². The Balaban J connectivity index is 1.89. The van der Waals surface area contributed by atoms with Gasteiger partial charge in [-0.1, -0.05) is 12.1 Å². The average molecular weight is 344 g/mol. The summed E-state index contributed by atoms with van der Waals surface area (Å²) in [6.07, 6.45) is 0.164. The van der Waals surface area contributed by atoms with Gasteiger partial charge in [-0.25, -0.2) is 0 Å². The van der Waals surface area contributed by atoms with E-state index in [-0.39, 0.29) is 12.1 Å². The summed E-state index contributed by atoms with van der Waals surface area (Å²) in [5, 5.41) is 7.04. The van der Waals surface area contributed by atoms with Crippen molar-refractivity contribution < 1.29 is 9.47 Å². The Morgan fingerprint density at radius 2 is 1.50 bits per heavy atom. The van der Waals surface area contributed by atoms with Gasteiger partial charge >= 0.3 is 0 Å². The number of benzene rings is 2. The van der Waals surface area contributed by atoms with Gasteiger partial charge in [0.05, 0.1) is 19.3 Å². The first-order valence-electron chi connectivity index (χ1n) is 7.96. The zero-order valence-corrected chi connectivity index (χ0v) is 15.3. The van der Waals surface area contributed by atoms with Gasteiger partial charge in [-0.15, -0.1) is 0 Å². The minimum absolute atomic E-state index is 0.0967. The molecule has 24 heavy (non-hydrogen) atoms. The molecule has 2 aromatic rings. The van der Waals surface area contributed by atoms with Gasteiger partial charge in [-0.2, -0.15) is 0 Å². The molecule has 0 aliphatic heterocycles. The van der Waals surface area contributed by atoms with E-state index in [2.05, 4.69) is 17.6 Å². The van der Waals surface area contributed by atoms with Crippen molar-refractivity contribution in [2.75, 3.05) is 12.4 Å². The molecule has 2 N–H and O–H groups in total. The second-order valence-corrected chi connectivity index (χ2v) is 6.19. The highest BCUT2D eigenvalue weighted by atomic mass is 32.1. The summed E-state index contributed by atoms with van der Waals surface area (Å²) in [5.74, 6) is 1.69. The number of thiocarbonyl (C=S) groups is 1. The molecule has 0 amide bonds. The predicted molar refractivity (Wildman–Crippen MR) is 103 cm³/mol. The van der Waals surface area contributed by atoms with Gasteiger partial charge in [-0.3, -0.25) is 0 Å². The maximum Gasteiger partial charge on any atom is 0.171 e. The van der Waals surface area contributed by atoms with Crippen LogP contribution in [0.3, 0.4) is 0 Å². The highest BCUT2D eigenvalue weighted by Crippen LogP contribution is 2.19. The molecular formula is C19H24N2O2S. The summed E-state index contributed by atoms with van der Waals surface area (Å²) < 4.78 is 10.8. The fraction of sp³-hybridized carbons (Fsp3) is 0.316. The first-order chi connectivity index (χ1) is 11.5. The monoisotopic (exact) mass is 344 g/mol. The zero-order valence-electron chi connectivity index (χ0n) is 14.5. The topological polar surface area (TPSA) is 42.5 Å². The molecule has 0 spiro atoms. The maximum atomic E-state index is 5.63. The van der Waals surface area contributed by atoms with Crippen molar-refractivity contribution in [1.82, 2.24) is 5.32 Å². The van der Waals surface area contributed by atoms with Crippen LogP contribution in [0, 0.1) is 0 Å². The molecule has 4 nitrogen and oxygen atoms in total. The molecule has 2 aromatic carbocycles. The smallest absolute Gasteiger partial charge is 0.171 e. The average Bonchev–Trinajstić information content (AvgIpc) is 2.56. The van der Waals surface area contributed by atoms with Crippen LogP contribution in [-0.2, 0) is 0 Å². The standard InChI is InChI=1S/C19H24N2O2S/c1-13(2)23-18-11-7-16(8-12-18)21-19(24)20-14(3)15-5-9-17(22-4)10-6-15/h5-14H,1-4H3,(H2,20,21,24)/t14-/m1/s1. The lowest BCUT2D eigenvalue weighted by atomic mass is 10.1.